The molecule has 0 saturated carbocycles. The Hall–Kier alpha value is -1.14. The first kappa shape index (κ1) is 13.9. The molecule has 6 heteroatoms. The summed E-state index contributed by atoms with van der Waals surface area (Å²) in [5.41, 5.74) is 0. The predicted molar refractivity (Wildman–Crippen MR) is 52.2 cm³/mol. The second kappa shape index (κ2) is 8.19. The summed E-state index contributed by atoms with van der Waals surface area (Å²) in [5.74, 6) is -1.25. The Kier molecular flexibility index (Phi) is 7.57. The van der Waals surface area contributed by atoms with Gasteiger partial charge in [-0.15, -0.1) is 0 Å². The van der Waals surface area contributed by atoms with Crippen molar-refractivity contribution in [3.8, 4) is 0 Å². The Bertz CT molecular complexity index is 207. The van der Waals surface area contributed by atoms with Gasteiger partial charge < -0.3 is 20.6 Å². The fourth-order valence-corrected chi connectivity index (χ4v) is 0.988. The van der Waals surface area contributed by atoms with Gasteiger partial charge >= 0.3 is 5.97 Å². The van der Waals surface area contributed by atoms with Gasteiger partial charge in [0.25, 0.3) is 0 Å². The molecule has 0 fully saturated rings. The number of carboxylic acids is 1. The summed E-state index contributed by atoms with van der Waals surface area (Å²) >= 11 is 0. The van der Waals surface area contributed by atoms with E-state index in [9.17, 15) is 14.7 Å². The first-order valence-corrected chi connectivity index (χ1v) is 4.83. The first-order chi connectivity index (χ1) is 7.06. The molecular formula is C9H17NO5. The fourth-order valence-electron chi connectivity index (χ4n) is 0.988. The Balaban J connectivity index is 3.44. The van der Waals surface area contributed by atoms with Crippen molar-refractivity contribution in [3.63, 3.8) is 0 Å². The van der Waals surface area contributed by atoms with Crippen LogP contribution in [-0.4, -0.2) is 46.5 Å². The largest absolute Gasteiger partial charge is 0.481 e. The van der Waals surface area contributed by atoms with Gasteiger partial charge in [0.1, 0.15) is 0 Å². The van der Waals surface area contributed by atoms with Crippen molar-refractivity contribution in [2.45, 2.75) is 31.8 Å². The minimum absolute atomic E-state index is 0.101. The van der Waals surface area contributed by atoms with Gasteiger partial charge in [-0.3, -0.25) is 9.59 Å². The molecule has 0 aromatic carbocycles. The Morgan fingerprint density at radius 1 is 1.20 bits per heavy atom. The zero-order valence-electron chi connectivity index (χ0n) is 8.48. The molecule has 15 heavy (non-hydrogen) atoms. The van der Waals surface area contributed by atoms with Crippen LogP contribution in [0.25, 0.3) is 0 Å². The van der Waals surface area contributed by atoms with Crippen LogP contribution >= 0.6 is 0 Å². The SMILES string of the molecule is O=C(O)CCNC(=O)CCC(O)CCO. The molecule has 0 rings (SSSR count). The van der Waals surface area contributed by atoms with Crippen LogP contribution in [0.3, 0.4) is 0 Å². The third-order valence-electron chi connectivity index (χ3n) is 1.83. The molecule has 1 atom stereocenters. The van der Waals surface area contributed by atoms with Crippen molar-refractivity contribution in [2.24, 2.45) is 0 Å². The molecule has 0 aromatic heterocycles. The Labute approximate surface area is 87.9 Å². The van der Waals surface area contributed by atoms with Gasteiger partial charge in [-0.2, -0.15) is 0 Å². The molecule has 4 N–H and O–H groups in total. The molecule has 0 radical (unpaired) electrons. The van der Waals surface area contributed by atoms with Gasteiger partial charge in [0, 0.05) is 19.6 Å². The lowest BCUT2D eigenvalue weighted by molar-refractivity contribution is -0.136. The summed E-state index contributed by atoms with van der Waals surface area (Å²) in [6.07, 6.45) is -0.117. The summed E-state index contributed by atoms with van der Waals surface area (Å²) in [5, 5.41) is 28.4. The van der Waals surface area contributed by atoms with E-state index in [2.05, 4.69) is 5.32 Å². The van der Waals surface area contributed by atoms with Crippen LogP contribution in [0.15, 0.2) is 0 Å². The summed E-state index contributed by atoms with van der Waals surface area (Å²) in [6.45, 7) is -0.00788. The molecule has 0 aliphatic heterocycles. The molecule has 0 heterocycles. The summed E-state index contributed by atoms with van der Waals surface area (Å²) in [7, 11) is 0. The van der Waals surface area contributed by atoms with E-state index < -0.39 is 12.1 Å². The van der Waals surface area contributed by atoms with Crippen LogP contribution < -0.4 is 5.32 Å². The van der Waals surface area contributed by atoms with Crippen LogP contribution in [0, 0.1) is 0 Å². The van der Waals surface area contributed by atoms with Crippen LogP contribution in [0.4, 0.5) is 0 Å². The number of amides is 1. The summed E-state index contributed by atoms with van der Waals surface area (Å²) in [4.78, 5) is 21.2. The number of hydrogen-bond donors (Lipinski definition) is 4. The highest BCUT2D eigenvalue weighted by molar-refractivity contribution is 5.76. The first-order valence-electron chi connectivity index (χ1n) is 4.83. The predicted octanol–water partition coefficient (Wildman–Crippen LogP) is -0.899. The number of carboxylic acid groups (broad SMARTS) is 1. The number of rotatable bonds is 8. The Morgan fingerprint density at radius 3 is 2.40 bits per heavy atom. The van der Waals surface area contributed by atoms with Gasteiger partial charge in [-0.1, -0.05) is 0 Å². The number of aliphatic carboxylic acids is 1. The highest BCUT2D eigenvalue weighted by atomic mass is 16.4. The van der Waals surface area contributed by atoms with Crippen LogP contribution in [0.1, 0.15) is 25.7 Å². The highest BCUT2D eigenvalue weighted by Gasteiger charge is 2.07. The summed E-state index contributed by atoms with van der Waals surface area (Å²) in [6, 6.07) is 0. The van der Waals surface area contributed by atoms with E-state index in [1.54, 1.807) is 0 Å². The zero-order valence-corrected chi connectivity index (χ0v) is 8.48. The number of carbonyl (C=O) groups excluding carboxylic acids is 1. The quantitative estimate of drug-likeness (QED) is 0.423. The van der Waals surface area contributed by atoms with Crippen LogP contribution in [0.5, 0.6) is 0 Å². The number of aliphatic hydroxyl groups is 2. The number of hydrogen-bond acceptors (Lipinski definition) is 4. The van der Waals surface area contributed by atoms with Crippen LogP contribution in [0.2, 0.25) is 0 Å². The zero-order chi connectivity index (χ0) is 11.7. The van der Waals surface area contributed by atoms with Crippen molar-refractivity contribution in [1.82, 2.24) is 5.32 Å². The van der Waals surface area contributed by atoms with Crippen molar-refractivity contribution < 1.29 is 24.9 Å². The average Bonchev–Trinajstić information content (AvgIpc) is 2.14. The lowest BCUT2D eigenvalue weighted by Gasteiger charge is -2.08. The smallest absolute Gasteiger partial charge is 0.305 e. The molecule has 0 bridgehead atoms. The maximum atomic E-state index is 11.1. The third kappa shape index (κ3) is 9.17. The molecular weight excluding hydrogens is 202 g/mol. The van der Waals surface area contributed by atoms with Crippen molar-refractivity contribution in [1.29, 1.82) is 0 Å². The maximum Gasteiger partial charge on any atom is 0.305 e. The van der Waals surface area contributed by atoms with E-state index in [1.165, 1.54) is 0 Å². The third-order valence-corrected chi connectivity index (χ3v) is 1.83. The van der Waals surface area contributed by atoms with Gasteiger partial charge in [0.05, 0.1) is 12.5 Å². The topological polar surface area (TPSA) is 107 Å². The second-order valence-electron chi connectivity index (χ2n) is 3.20. The van der Waals surface area contributed by atoms with E-state index >= 15 is 0 Å². The number of nitrogens with one attached hydrogen (secondary N) is 1. The second-order valence-corrected chi connectivity index (χ2v) is 3.20. The van der Waals surface area contributed by atoms with E-state index in [-0.39, 0.29) is 44.7 Å². The van der Waals surface area contributed by atoms with Crippen LogP contribution in [-0.2, 0) is 9.59 Å². The van der Waals surface area contributed by atoms with Crippen molar-refractivity contribution in [2.75, 3.05) is 13.2 Å². The molecule has 0 aromatic rings. The minimum Gasteiger partial charge on any atom is -0.481 e. The normalized spacial score (nSPS) is 12.1. The molecule has 1 amide bonds. The number of carbonyl (C=O) groups is 2. The molecule has 1 unspecified atom stereocenters. The van der Waals surface area contributed by atoms with Gasteiger partial charge in [-0.05, 0) is 12.8 Å². The minimum atomic E-state index is -0.962. The standard InChI is InChI=1S/C9H17NO5/c11-6-4-7(12)1-2-8(13)10-5-3-9(14)15/h7,11-12H,1-6H2,(H,10,13)(H,14,15). The van der Waals surface area contributed by atoms with Gasteiger partial charge in [0.2, 0.25) is 5.91 Å². The van der Waals surface area contributed by atoms with Gasteiger partial charge in [0.15, 0.2) is 0 Å². The number of aliphatic hydroxyl groups excluding tert-OH is 2. The monoisotopic (exact) mass is 219 g/mol. The lowest BCUT2D eigenvalue weighted by Crippen LogP contribution is -2.26. The maximum absolute atomic E-state index is 11.1. The summed E-state index contributed by atoms with van der Waals surface area (Å²) < 4.78 is 0. The molecule has 0 aliphatic rings. The molecule has 6 nitrogen and oxygen atoms in total. The van der Waals surface area contributed by atoms with Crippen molar-refractivity contribution in [3.05, 3.63) is 0 Å². The van der Waals surface area contributed by atoms with E-state index in [4.69, 9.17) is 10.2 Å². The molecule has 88 valence electrons. The lowest BCUT2D eigenvalue weighted by atomic mass is 10.1. The van der Waals surface area contributed by atoms with E-state index in [0.717, 1.165) is 0 Å². The molecule has 0 saturated heterocycles. The van der Waals surface area contributed by atoms with Crippen molar-refractivity contribution >= 4 is 11.9 Å². The van der Waals surface area contributed by atoms with E-state index in [0.29, 0.717) is 0 Å². The fraction of sp³-hybridized carbons (Fsp3) is 0.778. The van der Waals surface area contributed by atoms with E-state index in [1.807, 2.05) is 0 Å². The van der Waals surface area contributed by atoms with Gasteiger partial charge in [-0.25, -0.2) is 0 Å². The highest BCUT2D eigenvalue weighted by Crippen LogP contribution is 2.00. The average molecular weight is 219 g/mol. The molecule has 0 spiro atoms. The Morgan fingerprint density at radius 2 is 1.87 bits per heavy atom. The molecule has 0 aliphatic carbocycles.